The van der Waals surface area contributed by atoms with E-state index in [2.05, 4.69) is 5.32 Å². The molecule has 0 heterocycles. The summed E-state index contributed by atoms with van der Waals surface area (Å²) in [6, 6.07) is 8.54. The molecule has 0 aliphatic rings. The molecule has 21 heavy (non-hydrogen) atoms. The first-order chi connectivity index (χ1) is 9.93. The molecule has 0 radical (unpaired) electrons. The molecule has 0 saturated heterocycles. The first-order valence-electron chi connectivity index (χ1n) is 6.08. The van der Waals surface area contributed by atoms with Gasteiger partial charge in [0.1, 0.15) is 5.69 Å². The molecule has 2 nitrogen and oxygen atoms in total. The van der Waals surface area contributed by atoms with Crippen LogP contribution in [0.1, 0.15) is 22.8 Å². The van der Waals surface area contributed by atoms with Gasteiger partial charge in [0, 0.05) is 6.54 Å². The molecule has 110 valence electrons. The minimum Gasteiger partial charge on any atom is -0.376 e. The Kier molecular flexibility index (Phi) is 4.26. The second-order valence-electron chi connectivity index (χ2n) is 4.40. The summed E-state index contributed by atoms with van der Waals surface area (Å²) in [5.74, 6) is -7.71. The number of carbonyl (C=O) groups excluding carboxylic acids is 1. The lowest BCUT2D eigenvalue weighted by Crippen LogP contribution is -2.13. The quantitative estimate of drug-likeness (QED) is 0.524. The van der Waals surface area contributed by atoms with Gasteiger partial charge in [-0.05, 0) is 12.5 Å². The van der Waals surface area contributed by atoms with Crippen LogP contribution in [-0.4, -0.2) is 5.78 Å². The number of benzene rings is 2. The van der Waals surface area contributed by atoms with Crippen LogP contribution in [0.25, 0.3) is 0 Å². The molecule has 2 aromatic carbocycles. The molecule has 0 saturated carbocycles. The normalized spacial score (nSPS) is 10.5. The third-order valence-corrected chi connectivity index (χ3v) is 2.93. The van der Waals surface area contributed by atoms with Gasteiger partial charge in [0.2, 0.25) is 0 Å². The minimum absolute atomic E-state index is 0.0209. The highest BCUT2D eigenvalue weighted by molar-refractivity contribution is 5.95. The maximum absolute atomic E-state index is 13.8. The van der Waals surface area contributed by atoms with Gasteiger partial charge >= 0.3 is 0 Å². The third kappa shape index (κ3) is 2.89. The zero-order valence-electron chi connectivity index (χ0n) is 11.0. The van der Waals surface area contributed by atoms with Crippen LogP contribution in [0, 0.1) is 23.3 Å². The van der Waals surface area contributed by atoms with Gasteiger partial charge < -0.3 is 5.32 Å². The first kappa shape index (κ1) is 15.0. The molecule has 0 aromatic heterocycles. The van der Waals surface area contributed by atoms with E-state index in [1.54, 1.807) is 30.3 Å². The summed E-state index contributed by atoms with van der Waals surface area (Å²) in [5, 5.41) is 2.30. The summed E-state index contributed by atoms with van der Waals surface area (Å²) in [7, 11) is 0. The second-order valence-corrected chi connectivity index (χ2v) is 4.40. The predicted octanol–water partition coefficient (Wildman–Crippen LogP) is 4.06. The van der Waals surface area contributed by atoms with Crippen LogP contribution >= 0.6 is 0 Å². The van der Waals surface area contributed by atoms with E-state index in [1.807, 2.05) is 0 Å². The summed E-state index contributed by atoms with van der Waals surface area (Å²) in [4.78, 5) is 11.0. The number of anilines is 1. The lowest BCUT2D eigenvalue weighted by molar-refractivity contribution is 0.100. The topological polar surface area (TPSA) is 29.1 Å². The Balaban J connectivity index is 2.39. The lowest BCUT2D eigenvalue weighted by Gasteiger charge is -2.12. The van der Waals surface area contributed by atoms with Gasteiger partial charge in [-0.2, -0.15) is 0 Å². The van der Waals surface area contributed by atoms with Crippen LogP contribution < -0.4 is 5.32 Å². The van der Waals surface area contributed by atoms with Gasteiger partial charge in [0.05, 0.1) is 5.56 Å². The Hall–Kier alpha value is -2.37. The fourth-order valence-corrected chi connectivity index (χ4v) is 1.88. The van der Waals surface area contributed by atoms with Crippen molar-refractivity contribution in [1.82, 2.24) is 0 Å². The van der Waals surface area contributed by atoms with Crippen molar-refractivity contribution in [2.75, 3.05) is 5.32 Å². The lowest BCUT2D eigenvalue weighted by atomic mass is 10.1. The number of hydrogen-bond acceptors (Lipinski definition) is 2. The summed E-state index contributed by atoms with van der Waals surface area (Å²) >= 11 is 0. The molecule has 0 spiro atoms. The zero-order valence-corrected chi connectivity index (χ0v) is 11.0. The largest absolute Gasteiger partial charge is 0.376 e. The van der Waals surface area contributed by atoms with Gasteiger partial charge in [-0.1, -0.05) is 30.3 Å². The molecule has 0 fully saturated rings. The maximum Gasteiger partial charge on any atom is 0.185 e. The Morgan fingerprint density at radius 1 is 0.952 bits per heavy atom. The van der Waals surface area contributed by atoms with Gasteiger partial charge in [-0.3, -0.25) is 4.79 Å². The number of carbonyl (C=O) groups is 1. The highest BCUT2D eigenvalue weighted by Gasteiger charge is 2.27. The van der Waals surface area contributed by atoms with Crippen molar-refractivity contribution in [3.05, 3.63) is 64.7 Å². The average Bonchev–Trinajstić information content (AvgIpc) is 2.46. The fourth-order valence-electron chi connectivity index (χ4n) is 1.88. The Morgan fingerprint density at radius 2 is 1.48 bits per heavy atom. The molecule has 6 heteroatoms. The number of halogens is 4. The molecule has 0 aliphatic heterocycles. The van der Waals surface area contributed by atoms with Crippen LogP contribution in [0.2, 0.25) is 0 Å². The van der Waals surface area contributed by atoms with Gasteiger partial charge in [-0.25, -0.2) is 17.6 Å². The van der Waals surface area contributed by atoms with E-state index in [1.165, 1.54) is 0 Å². The van der Waals surface area contributed by atoms with Crippen molar-refractivity contribution in [3.63, 3.8) is 0 Å². The first-order valence-corrected chi connectivity index (χ1v) is 6.08. The summed E-state index contributed by atoms with van der Waals surface area (Å²) in [6.07, 6.45) is 0. The third-order valence-electron chi connectivity index (χ3n) is 2.93. The SMILES string of the molecule is CC(=O)c1c(F)c(F)c(NCc2ccccc2)c(F)c1F. The summed E-state index contributed by atoms with van der Waals surface area (Å²) in [6.45, 7) is 0.810. The van der Waals surface area contributed by atoms with Crippen molar-refractivity contribution < 1.29 is 22.4 Å². The van der Waals surface area contributed by atoms with E-state index >= 15 is 0 Å². The van der Waals surface area contributed by atoms with Gasteiger partial charge in [-0.15, -0.1) is 0 Å². The smallest absolute Gasteiger partial charge is 0.185 e. The Labute approximate surface area is 118 Å². The number of nitrogens with one attached hydrogen (secondary N) is 1. The van der Waals surface area contributed by atoms with E-state index in [-0.39, 0.29) is 6.54 Å². The van der Waals surface area contributed by atoms with E-state index in [4.69, 9.17) is 0 Å². The molecule has 2 aromatic rings. The second kappa shape index (κ2) is 5.95. The van der Waals surface area contributed by atoms with E-state index in [9.17, 15) is 22.4 Å². The average molecular weight is 297 g/mol. The van der Waals surface area contributed by atoms with E-state index in [0.717, 1.165) is 6.92 Å². The molecule has 2 rings (SSSR count). The molecule has 1 N–H and O–H groups in total. The molecule has 0 aliphatic carbocycles. The zero-order chi connectivity index (χ0) is 15.6. The van der Waals surface area contributed by atoms with Crippen molar-refractivity contribution in [2.45, 2.75) is 13.5 Å². The summed E-state index contributed by atoms with van der Waals surface area (Å²) in [5.41, 5.74) is -1.47. The van der Waals surface area contributed by atoms with Crippen molar-refractivity contribution in [3.8, 4) is 0 Å². The molecule has 0 atom stereocenters. The Bertz CT molecular complexity index is 657. The molecular weight excluding hydrogens is 286 g/mol. The van der Waals surface area contributed by atoms with Crippen LogP contribution in [0.5, 0.6) is 0 Å². The highest BCUT2D eigenvalue weighted by atomic mass is 19.2. The van der Waals surface area contributed by atoms with Gasteiger partial charge in [0.15, 0.2) is 29.1 Å². The monoisotopic (exact) mass is 297 g/mol. The number of hydrogen-bond donors (Lipinski definition) is 1. The van der Waals surface area contributed by atoms with Crippen molar-refractivity contribution in [2.24, 2.45) is 0 Å². The predicted molar refractivity (Wildman–Crippen MR) is 70.0 cm³/mol. The van der Waals surface area contributed by atoms with Crippen LogP contribution in [-0.2, 0) is 6.54 Å². The number of ketones is 1. The van der Waals surface area contributed by atoms with E-state index < -0.39 is 40.3 Å². The maximum atomic E-state index is 13.8. The highest BCUT2D eigenvalue weighted by Crippen LogP contribution is 2.28. The van der Waals surface area contributed by atoms with E-state index in [0.29, 0.717) is 5.56 Å². The molecule has 0 amide bonds. The Morgan fingerprint density at radius 3 is 1.95 bits per heavy atom. The van der Waals surface area contributed by atoms with Crippen molar-refractivity contribution >= 4 is 11.5 Å². The van der Waals surface area contributed by atoms with Crippen LogP contribution in [0.4, 0.5) is 23.2 Å². The standard InChI is InChI=1S/C15H11F4NO/c1-8(21)10-11(16)13(18)15(14(19)12(10)17)20-7-9-5-3-2-4-6-9/h2-6,20H,7H2,1H3. The number of Topliss-reactive ketones (excluding diaryl/α,β-unsaturated/α-hetero) is 1. The fraction of sp³-hybridized carbons (Fsp3) is 0.133. The number of rotatable bonds is 4. The van der Waals surface area contributed by atoms with Crippen LogP contribution in [0.15, 0.2) is 30.3 Å². The van der Waals surface area contributed by atoms with Crippen molar-refractivity contribution in [1.29, 1.82) is 0 Å². The van der Waals surface area contributed by atoms with Gasteiger partial charge in [0.25, 0.3) is 0 Å². The molecule has 0 unspecified atom stereocenters. The minimum atomic E-state index is -1.70. The molecule has 0 bridgehead atoms. The molecular formula is C15H11F4NO. The summed E-state index contributed by atoms with van der Waals surface area (Å²) < 4.78 is 54.8. The van der Waals surface area contributed by atoms with Crippen LogP contribution in [0.3, 0.4) is 0 Å².